The molecule has 0 aromatic heterocycles. The average Bonchev–Trinajstić information content (AvgIpc) is 2.72. The average molecular weight is 377 g/mol. The van der Waals surface area contributed by atoms with E-state index in [-0.39, 0.29) is 0 Å². The lowest BCUT2D eigenvalue weighted by atomic mass is 10.0. The van der Waals surface area contributed by atoms with Crippen molar-refractivity contribution in [1.82, 2.24) is 15.5 Å². The van der Waals surface area contributed by atoms with Crippen LogP contribution >= 0.6 is 0 Å². The van der Waals surface area contributed by atoms with E-state index in [9.17, 15) is 0 Å². The van der Waals surface area contributed by atoms with Crippen molar-refractivity contribution in [3.05, 3.63) is 29.8 Å². The number of nitrogens with one attached hydrogen (secondary N) is 2. The van der Waals surface area contributed by atoms with Crippen LogP contribution in [0.5, 0.6) is 5.75 Å². The zero-order valence-electron chi connectivity index (χ0n) is 17.2. The van der Waals surface area contributed by atoms with Crippen molar-refractivity contribution in [2.24, 2.45) is 4.99 Å². The lowest BCUT2D eigenvalue weighted by molar-refractivity contribution is 0.167. The minimum Gasteiger partial charge on any atom is -0.497 e. The van der Waals surface area contributed by atoms with Crippen LogP contribution in [-0.4, -0.2) is 64.4 Å². The third-order valence-corrected chi connectivity index (χ3v) is 4.92. The molecule has 6 nitrogen and oxygen atoms in total. The van der Waals surface area contributed by atoms with Gasteiger partial charge in [-0.1, -0.05) is 18.6 Å². The van der Waals surface area contributed by atoms with Crippen molar-refractivity contribution in [2.75, 3.05) is 53.6 Å². The fourth-order valence-corrected chi connectivity index (χ4v) is 3.43. The summed E-state index contributed by atoms with van der Waals surface area (Å²) in [6.45, 7) is 7.59. The Balaban J connectivity index is 2.08. The summed E-state index contributed by atoms with van der Waals surface area (Å²) < 4.78 is 10.4. The van der Waals surface area contributed by atoms with Crippen LogP contribution in [0.15, 0.2) is 29.3 Å². The van der Waals surface area contributed by atoms with Crippen molar-refractivity contribution >= 4 is 5.96 Å². The molecule has 1 fully saturated rings. The summed E-state index contributed by atoms with van der Waals surface area (Å²) in [5, 5.41) is 6.75. The number of hydrogen-bond acceptors (Lipinski definition) is 4. The molecule has 6 heteroatoms. The fourth-order valence-electron chi connectivity index (χ4n) is 3.43. The van der Waals surface area contributed by atoms with Crippen LogP contribution in [0.3, 0.4) is 0 Å². The molecule has 1 atom stereocenters. The van der Waals surface area contributed by atoms with E-state index in [1.165, 1.54) is 24.8 Å². The number of methoxy groups -OCH3 is 2. The highest BCUT2D eigenvalue weighted by Crippen LogP contribution is 2.26. The Bertz CT molecular complexity index is 542. The number of hydrogen-bond donors (Lipinski definition) is 2. The van der Waals surface area contributed by atoms with Gasteiger partial charge in [-0.15, -0.1) is 0 Å². The number of guanidine groups is 1. The molecular weight excluding hydrogens is 340 g/mol. The van der Waals surface area contributed by atoms with E-state index in [1.807, 2.05) is 12.1 Å². The third-order valence-electron chi connectivity index (χ3n) is 4.92. The first-order valence-corrected chi connectivity index (χ1v) is 10.2. The molecule has 0 radical (unpaired) electrons. The second-order valence-corrected chi connectivity index (χ2v) is 6.88. The molecule has 0 aliphatic carbocycles. The molecule has 1 heterocycles. The maximum Gasteiger partial charge on any atom is 0.191 e. The molecular formula is C21H36N4O2. The van der Waals surface area contributed by atoms with Crippen LogP contribution in [0.2, 0.25) is 0 Å². The second kappa shape index (κ2) is 12.6. The molecule has 0 bridgehead atoms. The van der Waals surface area contributed by atoms with Crippen LogP contribution in [0, 0.1) is 0 Å². The van der Waals surface area contributed by atoms with Gasteiger partial charge in [0.15, 0.2) is 5.96 Å². The predicted octanol–water partition coefficient (Wildman–Crippen LogP) is 2.81. The highest BCUT2D eigenvalue weighted by molar-refractivity contribution is 5.79. The molecule has 27 heavy (non-hydrogen) atoms. The van der Waals surface area contributed by atoms with Crippen molar-refractivity contribution in [3.8, 4) is 5.75 Å². The largest absolute Gasteiger partial charge is 0.497 e. The standard InChI is InChI=1S/C21H36N4O2/c1-4-22-21(23-13-8-16-26-2)24-17-20(25-14-6-5-7-15-25)18-9-11-19(27-3)12-10-18/h9-12,20H,4-8,13-17H2,1-3H3,(H2,22,23,24). The van der Waals surface area contributed by atoms with E-state index < -0.39 is 0 Å². The van der Waals surface area contributed by atoms with Gasteiger partial charge in [0.2, 0.25) is 0 Å². The lowest BCUT2D eigenvalue weighted by Crippen LogP contribution is -2.40. The van der Waals surface area contributed by atoms with Crippen molar-refractivity contribution in [3.63, 3.8) is 0 Å². The van der Waals surface area contributed by atoms with Crippen LogP contribution < -0.4 is 15.4 Å². The maximum atomic E-state index is 5.32. The number of piperidine rings is 1. The number of ether oxygens (including phenoxy) is 2. The van der Waals surface area contributed by atoms with Gasteiger partial charge in [0.25, 0.3) is 0 Å². The third kappa shape index (κ3) is 7.39. The molecule has 1 unspecified atom stereocenters. The smallest absolute Gasteiger partial charge is 0.191 e. The van der Waals surface area contributed by atoms with E-state index in [2.05, 4.69) is 34.6 Å². The minimum absolute atomic E-state index is 0.297. The van der Waals surface area contributed by atoms with Gasteiger partial charge in [-0.25, -0.2) is 0 Å². The number of likely N-dealkylation sites (tertiary alicyclic amines) is 1. The van der Waals surface area contributed by atoms with Gasteiger partial charge in [0, 0.05) is 26.8 Å². The molecule has 0 saturated carbocycles. The normalized spacial score (nSPS) is 16.8. The number of rotatable bonds is 10. The first-order valence-electron chi connectivity index (χ1n) is 10.2. The Labute approximate surface area is 164 Å². The number of nitrogens with zero attached hydrogens (tertiary/aromatic N) is 2. The van der Waals surface area contributed by atoms with Gasteiger partial charge in [-0.05, 0) is 57.0 Å². The molecule has 2 N–H and O–H groups in total. The van der Waals surface area contributed by atoms with Gasteiger partial charge in [-0.3, -0.25) is 9.89 Å². The summed E-state index contributed by atoms with van der Waals surface area (Å²) in [4.78, 5) is 7.46. The van der Waals surface area contributed by atoms with Crippen molar-refractivity contribution in [2.45, 2.75) is 38.6 Å². The Morgan fingerprint density at radius 2 is 1.85 bits per heavy atom. The lowest BCUT2D eigenvalue weighted by Gasteiger charge is -2.34. The monoisotopic (exact) mass is 376 g/mol. The molecule has 0 spiro atoms. The Kier molecular flexibility index (Phi) is 10.0. The van der Waals surface area contributed by atoms with Crippen LogP contribution in [0.4, 0.5) is 0 Å². The summed E-state index contributed by atoms with van der Waals surface area (Å²) in [5.74, 6) is 1.77. The SMILES string of the molecule is CCNC(=NCC(c1ccc(OC)cc1)N1CCCCC1)NCCCOC. The van der Waals surface area contributed by atoms with E-state index in [0.29, 0.717) is 6.04 Å². The van der Waals surface area contributed by atoms with Crippen molar-refractivity contribution < 1.29 is 9.47 Å². The van der Waals surface area contributed by atoms with Crippen molar-refractivity contribution in [1.29, 1.82) is 0 Å². The van der Waals surface area contributed by atoms with Gasteiger partial charge < -0.3 is 20.1 Å². The maximum absolute atomic E-state index is 5.32. The topological polar surface area (TPSA) is 58.1 Å². The quantitative estimate of drug-likeness (QED) is 0.374. The van der Waals surface area contributed by atoms with E-state index in [0.717, 1.165) is 57.5 Å². The molecule has 1 aliphatic rings. The summed E-state index contributed by atoms with van der Waals surface area (Å²) in [6.07, 6.45) is 4.84. The van der Waals surface area contributed by atoms with E-state index in [4.69, 9.17) is 14.5 Å². The minimum atomic E-state index is 0.297. The fraction of sp³-hybridized carbons (Fsp3) is 0.667. The van der Waals surface area contributed by atoms with E-state index in [1.54, 1.807) is 14.2 Å². The molecule has 1 aromatic carbocycles. The Morgan fingerprint density at radius 1 is 1.11 bits per heavy atom. The molecule has 152 valence electrons. The number of aliphatic imine (C=N–C) groups is 1. The van der Waals surface area contributed by atoms with Gasteiger partial charge in [0.1, 0.15) is 5.75 Å². The van der Waals surface area contributed by atoms with Crippen LogP contribution in [0.25, 0.3) is 0 Å². The molecule has 1 aliphatic heterocycles. The highest BCUT2D eigenvalue weighted by Gasteiger charge is 2.22. The number of benzene rings is 1. The summed E-state index contributed by atoms with van der Waals surface area (Å²) in [6, 6.07) is 8.73. The first kappa shape index (κ1) is 21.5. The second-order valence-electron chi connectivity index (χ2n) is 6.88. The van der Waals surface area contributed by atoms with Gasteiger partial charge in [0.05, 0.1) is 19.7 Å². The van der Waals surface area contributed by atoms with E-state index >= 15 is 0 Å². The summed E-state index contributed by atoms with van der Waals surface area (Å²) in [7, 11) is 3.44. The Hall–Kier alpha value is -1.79. The van der Waals surface area contributed by atoms with Crippen LogP contribution in [-0.2, 0) is 4.74 Å². The molecule has 0 amide bonds. The molecule has 1 aromatic rings. The van der Waals surface area contributed by atoms with Crippen LogP contribution in [0.1, 0.15) is 44.2 Å². The highest BCUT2D eigenvalue weighted by atomic mass is 16.5. The summed E-state index contributed by atoms with van der Waals surface area (Å²) in [5.41, 5.74) is 1.30. The molecule has 2 rings (SSSR count). The Morgan fingerprint density at radius 3 is 2.48 bits per heavy atom. The van der Waals surface area contributed by atoms with Gasteiger partial charge >= 0.3 is 0 Å². The molecule has 1 saturated heterocycles. The zero-order chi connectivity index (χ0) is 19.3. The first-order chi connectivity index (χ1) is 13.3. The zero-order valence-corrected chi connectivity index (χ0v) is 17.2. The predicted molar refractivity (Wildman–Crippen MR) is 112 cm³/mol. The summed E-state index contributed by atoms with van der Waals surface area (Å²) >= 11 is 0. The van der Waals surface area contributed by atoms with Gasteiger partial charge in [-0.2, -0.15) is 0 Å².